The maximum Gasteiger partial charge on any atom is 0.105 e. The molecule has 0 spiro atoms. The van der Waals surface area contributed by atoms with Crippen LogP contribution in [0, 0.1) is 0 Å². The Balaban J connectivity index is 1.83. The highest BCUT2D eigenvalue weighted by molar-refractivity contribution is 5.36. The molecular weight excluding hydrogens is 224 g/mol. The van der Waals surface area contributed by atoms with Gasteiger partial charge in [-0.25, -0.2) is 0 Å². The molecule has 0 radical (unpaired) electrons. The summed E-state index contributed by atoms with van der Waals surface area (Å²) >= 11 is 0. The second-order valence-electron chi connectivity index (χ2n) is 4.88. The van der Waals surface area contributed by atoms with Gasteiger partial charge in [0, 0.05) is 6.42 Å². The molecule has 3 heteroatoms. The van der Waals surface area contributed by atoms with E-state index in [1.165, 1.54) is 36.0 Å². The third kappa shape index (κ3) is 2.19. The molecule has 0 fully saturated rings. The zero-order valence-electron chi connectivity index (χ0n) is 10.4. The van der Waals surface area contributed by atoms with Crippen molar-refractivity contribution in [2.75, 3.05) is 0 Å². The third-order valence-electron chi connectivity index (χ3n) is 3.71. The molecule has 0 saturated carbocycles. The van der Waals surface area contributed by atoms with Crippen LogP contribution in [0.4, 0.5) is 0 Å². The van der Waals surface area contributed by atoms with Gasteiger partial charge >= 0.3 is 0 Å². The first kappa shape index (κ1) is 11.5. The first-order valence-corrected chi connectivity index (χ1v) is 6.47. The van der Waals surface area contributed by atoms with Gasteiger partial charge in [0.25, 0.3) is 0 Å². The Morgan fingerprint density at radius 3 is 2.89 bits per heavy atom. The predicted octanol–water partition coefficient (Wildman–Crippen LogP) is 2.52. The molecule has 0 aliphatic heterocycles. The Hall–Kier alpha value is -1.58. The van der Waals surface area contributed by atoms with Gasteiger partial charge in [0.15, 0.2) is 0 Å². The first-order valence-electron chi connectivity index (χ1n) is 6.47. The van der Waals surface area contributed by atoms with Gasteiger partial charge in [-0.1, -0.05) is 18.2 Å². The molecule has 18 heavy (non-hydrogen) atoms. The fraction of sp³-hybridized carbons (Fsp3) is 0.333. The molecule has 0 amide bonds. The smallest absolute Gasteiger partial charge is 0.105 e. The van der Waals surface area contributed by atoms with Gasteiger partial charge in [-0.3, -0.25) is 11.3 Å². The van der Waals surface area contributed by atoms with E-state index in [1.807, 2.05) is 12.1 Å². The molecule has 1 heterocycles. The molecular formula is C15H18N2O. The molecule has 0 bridgehead atoms. The molecule has 0 saturated heterocycles. The summed E-state index contributed by atoms with van der Waals surface area (Å²) in [6, 6.07) is 10.7. The van der Waals surface area contributed by atoms with E-state index >= 15 is 0 Å². The molecule has 94 valence electrons. The summed E-state index contributed by atoms with van der Waals surface area (Å²) in [5.74, 6) is 6.63. The lowest BCUT2D eigenvalue weighted by Crippen LogP contribution is -2.29. The van der Waals surface area contributed by atoms with Crippen molar-refractivity contribution in [1.29, 1.82) is 0 Å². The number of furan rings is 1. The fourth-order valence-electron chi connectivity index (χ4n) is 2.71. The molecule has 3 N–H and O–H groups in total. The van der Waals surface area contributed by atoms with Crippen LogP contribution in [0.5, 0.6) is 0 Å². The molecule has 2 aromatic rings. The van der Waals surface area contributed by atoms with Crippen molar-refractivity contribution in [1.82, 2.24) is 5.43 Å². The SMILES string of the molecule is NNC(Cc1ccco1)c1ccc2c(c1)CCC2. The minimum atomic E-state index is 0.113. The molecule has 1 aromatic carbocycles. The Morgan fingerprint density at radius 2 is 2.11 bits per heavy atom. The van der Waals surface area contributed by atoms with E-state index in [4.69, 9.17) is 10.3 Å². The Bertz CT molecular complexity index is 519. The third-order valence-corrected chi connectivity index (χ3v) is 3.71. The highest BCUT2D eigenvalue weighted by Crippen LogP contribution is 2.26. The van der Waals surface area contributed by atoms with Gasteiger partial charge in [0.1, 0.15) is 5.76 Å². The van der Waals surface area contributed by atoms with Gasteiger partial charge in [-0.15, -0.1) is 0 Å². The van der Waals surface area contributed by atoms with Gasteiger partial charge < -0.3 is 4.42 Å². The molecule has 1 unspecified atom stereocenters. The van der Waals surface area contributed by atoms with Crippen LogP contribution in [0.2, 0.25) is 0 Å². The van der Waals surface area contributed by atoms with E-state index in [0.29, 0.717) is 0 Å². The van der Waals surface area contributed by atoms with Gasteiger partial charge in [-0.05, 0) is 48.1 Å². The zero-order chi connectivity index (χ0) is 12.4. The van der Waals surface area contributed by atoms with Crippen LogP contribution in [-0.4, -0.2) is 0 Å². The minimum Gasteiger partial charge on any atom is -0.469 e. The largest absolute Gasteiger partial charge is 0.469 e. The van der Waals surface area contributed by atoms with E-state index in [-0.39, 0.29) is 6.04 Å². The van der Waals surface area contributed by atoms with Crippen molar-refractivity contribution >= 4 is 0 Å². The maximum atomic E-state index is 5.67. The second-order valence-corrected chi connectivity index (χ2v) is 4.88. The van der Waals surface area contributed by atoms with Crippen LogP contribution in [0.3, 0.4) is 0 Å². The van der Waals surface area contributed by atoms with E-state index in [2.05, 4.69) is 23.6 Å². The summed E-state index contributed by atoms with van der Waals surface area (Å²) in [6.07, 6.45) is 6.17. The highest BCUT2D eigenvalue weighted by Gasteiger charge is 2.16. The molecule has 1 aliphatic carbocycles. The van der Waals surface area contributed by atoms with Crippen LogP contribution in [0.25, 0.3) is 0 Å². The number of aryl methyl sites for hydroxylation is 2. The summed E-state index contributed by atoms with van der Waals surface area (Å²) in [6.45, 7) is 0. The molecule has 1 aliphatic rings. The number of hydrogen-bond donors (Lipinski definition) is 2. The summed E-state index contributed by atoms with van der Waals surface area (Å²) in [4.78, 5) is 0. The molecule has 1 atom stereocenters. The lowest BCUT2D eigenvalue weighted by molar-refractivity contribution is 0.454. The quantitative estimate of drug-likeness (QED) is 0.640. The number of hydrazine groups is 1. The van der Waals surface area contributed by atoms with Crippen molar-refractivity contribution in [2.45, 2.75) is 31.7 Å². The average Bonchev–Trinajstić information content (AvgIpc) is 3.06. The Morgan fingerprint density at radius 1 is 1.22 bits per heavy atom. The minimum absolute atomic E-state index is 0.113. The van der Waals surface area contributed by atoms with E-state index in [0.717, 1.165) is 12.2 Å². The predicted molar refractivity (Wildman–Crippen MR) is 70.9 cm³/mol. The van der Waals surface area contributed by atoms with Crippen LogP contribution < -0.4 is 11.3 Å². The normalized spacial score (nSPS) is 15.6. The van der Waals surface area contributed by atoms with Gasteiger partial charge in [0.05, 0.1) is 12.3 Å². The summed E-state index contributed by atoms with van der Waals surface area (Å²) in [7, 11) is 0. The van der Waals surface area contributed by atoms with Gasteiger partial charge in [-0.2, -0.15) is 0 Å². The van der Waals surface area contributed by atoms with Gasteiger partial charge in [0.2, 0.25) is 0 Å². The van der Waals surface area contributed by atoms with E-state index in [9.17, 15) is 0 Å². The number of nitrogens with two attached hydrogens (primary N) is 1. The summed E-state index contributed by atoms with van der Waals surface area (Å²) in [5, 5.41) is 0. The van der Waals surface area contributed by atoms with Crippen molar-refractivity contribution < 1.29 is 4.42 Å². The van der Waals surface area contributed by atoms with Crippen molar-refractivity contribution in [3.63, 3.8) is 0 Å². The number of hydrogen-bond acceptors (Lipinski definition) is 3. The molecule has 3 nitrogen and oxygen atoms in total. The topological polar surface area (TPSA) is 51.2 Å². The number of fused-ring (bicyclic) bond motifs is 1. The maximum absolute atomic E-state index is 5.67. The van der Waals surface area contributed by atoms with E-state index < -0.39 is 0 Å². The number of benzene rings is 1. The van der Waals surface area contributed by atoms with Crippen molar-refractivity contribution in [3.8, 4) is 0 Å². The zero-order valence-corrected chi connectivity index (χ0v) is 10.4. The van der Waals surface area contributed by atoms with Crippen molar-refractivity contribution in [3.05, 3.63) is 59.0 Å². The van der Waals surface area contributed by atoms with Crippen LogP contribution in [0.1, 0.15) is 34.9 Å². The lowest BCUT2D eigenvalue weighted by Gasteiger charge is -2.16. The Labute approximate surface area is 107 Å². The van der Waals surface area contributed by atoms with Crippen LogP contribution >= 0.6 is 0 Å². The van der Waals surface area contributed by atoms with E-state index in [1.54, 1.807) is 6.26 Å². The molecule has 3 rings (SSSR count). The first-order chi connectivity index (χ1) is 8.86. The lowest BCUT2D eigenvalue weighted by atomic mass is 9.98. The van der Waals surface area contributed by atoms with Crippen LogP contribution in [-0.2, 0) is 19.3 Å². The average molecular weight is 242 g/mol. The van der Waals surface area contributed by atoms with Crippen molar-refractivity contribution in [2.24, 2.45) is 5.84 Å². The summed E-state index contributed by atoms with van der Waals surface area (Å²) < 4.78 is 5.38. The monoisotopic (exact) mass is 242 g/mol. The Kier molecular flexibility index (Phi) is 3.17. The molecule has 1 aromatic heterocycles. The summed E-state index contributed by atoms with van der Waals surface area (Å²) in [5.41, 5.74) is 7.10. The highest BCUT2D eigenvalue weighted by atomic mass is 16.3. The van der Waals surface area contributed by atoms with Crippen LogP contribution in [0.15, 0.2) is 41.0 Å². The second kappa shape index (κ2) is 4.96. The number of rotatable bonds is 4. The standard InChI is InChI=1S/C15H18N2O/c16-17-15(10-14-5-2-8-18-14)13-7-6-11-3-1-4-12(11)9-13/h2,5-9,15,17H,1,3-4,10,16H2. The number of nitrogens with one attached hydrogen (secondary N) is 1. The fourth-order valence-corrected chi connectivity index (χ4v) is 2.71.